The highest BCUT2D eigenvalue weighted by Gasteiger charge is 2.35. The minimum absolute atomic E-state index is 0.114. The molecule has 0 saturated heterocycles. The average molecular weight is 719 g/mol. The van der Waals surface area contributed by atoms with Crippen LogP contribution in [0.25, 0.3) is 54.6 Å². The molecular formula is C53H38N2O. The molecule has 266 valence electrons. The molecule has 1 aromatic heterocycles. The van der Waals surface area contributed by atoms with Crippen molar-refractivity contribution in [2.75, 3.05) is 9.80 Å². The molecule has 0 unspecified atom stereocenters. The molecule has 0 aliphatic heterocycles. The molecule has 3 nitrogen and oxygen atoms in total. The van der Waals surface area contributed by atoms with Crippen LogP contribution in [0.5, 0.6) is 0 Å². The Hall–Kier alpha value is -7.10. The van der Waals surface area contributed by atoms with Crippen LogP contribution in [0.15, 0.2) is 199 Å². The summed E-state index contributed by atoms with van der Waals surface area (Å²) in [5, 5.41) is 7.01. The summed E-state index contributed by atoms with van der Waals surface area (Å²) in [6, 6.07) is 70.2. The van der Waals surface area contributed by atoms with Gasteiger partial charge in [-0.1, -0.05) is 129 Å². The summed E-state index contributed by atoms with van der Waals surface area (Å²) in [6.07, 6.45) is 0. The Bertz CT molecular complexity index is 3120. The number of benzene rings is 9. The van der Waals surface area contributed by atoms with Crippen molar-refractivity contribution >= 4 is 77.6 Å². The molecule has 0 atom stereocenters. The van der Waals surface area contributed by atoms with E-state index in [9.17, 15) is 0 Å². The van der Waals surface area contributed by atoms with Crippen molar-refractivity contribution in [2.24, 2.45) is 0 Å². The molecule has 0 N–H and O–H groups in total. The van der Waals surface area contributed by atoms with Gasteiger partial charge in [-0.25, -0.2) is 0 Å². The lowest BCUT2D eigenvalue weighted by Crippen LogP contribution is -2.16. The Morgan fingerprint density at radius 3 is 1.73 bits per heavy atom. The highest BCUT2D eigenvalue weighted by Crippen LogP contribution is 2.51. The van der Waals surface area contributed by atoms with E-state index in [0.717, 1.165) is 61.4 Å². The zero-order valence-corrected chi connectivity index (χ0v) is 31.3. The second-order valence-electron chi connectivity index (χ2n) is 15.4. The van der Waals surface area contributed by atoms with Gasteiger partial charge < -0.3 is 14.2 Å². The lowest BCUT2D eigenvalue weighted by Gasteiger charge is -2.30. The van der Waals surface area contributed by atoms with Crippen molar-refractivity contribution in [3.63, 3.8) is 0 Å². The van der Waals surface area contributed by atoms with Gasteiger partial charge in [-0.3, -0.25) is 0 Å². The molecule has 3 heteroatoms. The van der Waals surface area contributed by atoms with Crippen LogP contribution in [0, 0.1) is 0 Å². The van der Waals surface area contributed by atoms with E-state index >= 15 is 0 Å². The first-order valence-corrected chi connectivity index (χ1v) is 19.3. The Morgan fingerprint density at radius 2 is 0.929 bits per heavy atom. The summed E-state index contributed by atoms with van der Waals surface area (Å²) >= 11 is 0. The van der Waals surface area contributed by atoms with Crippen LogP contribution < -0.4 is 9.80 Å². The number of hydrogen-bond acceptors (Lipinski definition) is 3. The van der Waals surface area contributed by atoms with E-state index in [1.807, 2.05) is 12.1 Å². The average Bonchev–Trinajstić information content (AvgIpc) is 3.73. The van der Waals surface area contributed by atoms with Gasteiger partial charge in [-0.15, -0.1) is 0 Å². The normalized spacial score (nSPS) is 13.0. The van der Waals surface area contributed by atoms with Crippen molar-refractivity contribution in [1.29, 1.82) is 0 Å². The summed E-state index contributed by atoms with van der Waals surface area (Å²) in [5.74, 6) is 0. The fraction of sp³-hybridized carbons (Fsp3) is 0.0566. The topological polar surface area (TPSA) is 19.6 Å². The highest BCUT2D eigenvalue weighted by atomic mass is 16.3. The molecule has 0 fully saturated rings. The van der Waals surface area contributed by atoms with Gasteiger partial charge in [0.1, 0.15) is 11.2 Å². The number of para-hydroxylation sites is 3. The molecule has 1 aliphatic rings. The summed E-state index contributed by atoms with van der Waals surface area (Å²) in [5.41, 5.74) is 13.6. The lowest BCUT2D eigenvalue weighted by atomic mass is 9.82. The summed E-state index contributed by atoms with van der Waals surface area (Å²) in [7, 11) is 0. The predicted octanol–water partition coefficient (Wildman–Crippen LogP) is 15.1. The Morgan fingerprint density at radius 1 is 0.357 bits per heavy atom. The van der Waals surface area contributed by atoms with Crippen LogP contribution in [0.4, 0.5) is 34.1 Å². The fourth-order valence-electron chi connectivity index (χ4n) is 9.11. The molecule has 9 aromatic carbocycles. The van der Waals surface area contributed by atoms with Crippen LogP contribution in [0.3, 0.4) is 0 Å². The van der Waals surface area contributed by atoms with E-state index in [-0.39, 0.29) is 5.41 Å². The van der Waals surface area contributed by atoms with Crippen molar-refractivity contribution in [3.8, 4) is 11.1 Å². The van der Waals surface area contributed by atoms with Crippen LogP contribution in [0.2, 0.25) is 0 Å². The van der Waals surface area contributed by atoms with Gasteiger partial charge in [0.05, 0.1) is 5.69 Å². The van der Waals surface area contributed by atoms with Crippen LogP contribution in [-0.4, -0.2) is 0 Å². The third kappa shape index (κ3) is 4.98. The van der Waals surface area contributed by atoms with E-state index in [1.165, 1.54) is 38.4 Å². The Balaban J connectivity index is 1.15. The molecular weight excluding hydrogens is 681 g/mol. The number of anilines is 6. The molecule has 0 spiro atoms. The molecule has 0 saturated carbocycles. The number of fused-ring (bicyclic) bond motifs is 9. The maximum atomic E-state index is 6.45. The smallest absolute Gasteiger partial charge is 0.137 e. The summed E-state index contributed by atoms with van der Waals surface area (Å²) in [4.78, 5) is 4.79. The first kappa shape index (κ1) is 32.3. The van der Waals surface area contributed by atoms with Crippen LogP contribution in [-0.2, 0) is 5.41 Å². The summed E-state index contributed by atoms with van der Waals surface area (Å²) in [6.45, 7) is 4.70. The maximum absolute atomic E-state index is 6.45. The monoisotopic (exact) mass is 718 g/mol. The van der Waals surface area contributed by atoms with Gasteiger partial charge in [0, 0.05) is 56.1 Å². The largest absolute Gasteiger partial charge is 0.456 e. The van der Waals surface area contributed by atoms with Gasteiger partial charge in [0.25, 0.3) is 0 Å². The molecule has 11 rings (SSSR count). The number of hydrogen-bond donors (Lipinski definition) is 0. The van der Waals surface area contributed by atoms with E-state index in [1.54, 1.807) is 0 Å². The van der Waals surface area contributed by atoms with Crippen LogP contribution in [0.1, 0.15) is 25.0 Å². The quantitative estimate of drug-likeness (QED) is 0.160. The number of nitrogens with zero attached hydrogens (tertiary/aromatic N) is 2. The first-order valence-electron chi connectivity index (χ1n) is 19.3. The molecule has 1 heterocycles. The summed E-state index contributed by atoms with van der Waals surface area (Å²) < 4.78 is 6.45. The number of furan rings is 1. The third-order valence-corrected chi connectivity index (χ3v) is 11.8. The van der Waals surface area contributed by atoms with Crippen molar-refractivity contribution in [1.82, 2.24) is 0 Å². The molecule has 56 heavy (non-hydrogen) atoms. The zero-order chi connectivity index (χ0) is 37.4. The second-order valence-corrected chi connectivity index (χ2v) is 15.4. The minimum atomic E-state index is -0.114. The molecule has 10 aromatic rings. The van der Waals surface area contributed by atoms with Gasteiger partial charge in [0.2, 0.25) is 0 Å². The van der Waals surface area contributed by atoms with E-state index < -0.39 is 0 Å². The van der Waals surface area contributed by atoms with Gasteiger partial charge in [-0.2, -0.15) is 0 Å². The van der Waals surface area contributed by atoms with Crippen molar-refractivity contribution in [2.45, 2.75) is 19.3 Å². The molecule has 0 bridgehead atoms. The minimum Gasteiger partial charge on any atom is -0.456 e. The second kappa shape index (κ2) is 12.5. The predicted molar refractivity (Wildman–Crippen MR) is 236 cm³/mol. The van der Waals surface area contributed by atoms with Gasteiger partial charge in [-0.05, 0) is 111 Å². The van der Waals surface area contributed by atoms with E-state index in [4.69, 9.17) is 4.42 Å². The fourth-order valence-corrected chi connectivity index (χ4v) is 9.11. The van der Waals surface area contributed by atoms with E-state index in [0.29, 0.717) is 0 Å². The third-order valence-electron chi connectivity index (χ3n) is 11.8. The SMILES string of the molecule is CC1(C)c2ccccc2-c2ccc(N(c3ccccc3)c3ccc4c(c3)c(N(c3ccccc3)c3ccc5c(c3)oc3ccccc35)cc3ccccc34)cc21. The molecule has 0 amide bonds. The highest BCUT2D eigenvalue weighted by molar-refractivity contribution is 6.16. The van der Waals surface area contributed by atoms with Crippen LogP contribution >= 0.6 is 0 Å². The lowest BCUT2D eigenvalue weighted by molar-refractivity contribution is 0.660. The Labute approximate surface area is 326 Å². The van der Waals surface area contributed by atoms with Gasteiger partial charge in [0.15, 0.2) is 0 Å². The Kier molecular flexibility index (Phi) is 7.20. The van der Waals surface area contributed by atoms with E-state index in [2.05, 4.69) is 206 Å². The maximum Gasteiger partial charge on any atom is 0.137 e. The number of rotatable bonds is 6. The van der Waals surface area contributed by atoms with Gasteiger partial charge >= 0.3 is 0 Å². The molecule has 0 radical (unpaired) electrons. The molecule has 1 aliphatic carbocycles. The standard InChI is InChI=1S/C53H38N2O/c1-53(2)48-23-13-11-21-43(48)44-29-26-39(33-49(44)53)54(36-16-5-3-6-17-36)38-25-28-42-41-20-10-9-15-35(41)31-50(47(42)32-38)55(37-18-7-4-8-19-37)40-27-30-46-45-22-12-14-24-51(45)56-52(46)34-40/h3-34H,1-2H3. The zero-order valence-electron chi connectivity index (χ0n) is 31.3. The van der Waals surface area contributed by atoms with Crippen molar-refractivity contribution < 1.29 is 4.42 Å². The van der Waals surface area contributed by atoms with Crippen molar-refractivity contribution in [3.05, 3.63) is 205 Å². The first-order chi connectivity index (χ1) is 27.5.